The fourth-order valence-electron chi connectivity index (χ4n) is 3.27. The summed E-state index contributed by atoms with van der Waals surface area (Å²) in [5.74, 6) is -1.12. The lowest BCUT2D eigenvalue weighted by Crippen LogP contribution is -2.53. The molecule has 0 aliphatic carbocycles. The monoisotopic (exact) mass is 462 g/mol. The Labute approximate surface area is 187 Å². The van der Waals surface area contributed by atoms with Crippen LogP contribution in [0, 0.1) is 6.92 Å². The molecular formula is C21H26N4O6S. The van der Waals surface area contributed by atoms with Crippen molar-refractivity contribution in [2.24, 2.45) is 0 Å². The van der Waals surface area contributed by atoms with E-state index in [9.17, 15) is 18.0 Å². The van der Waals surface area contributed by atoms with Gasteiger partial charge < -0.3 is 20.1 Å². The van der Waals surface area contributed by atoms with Crippen LogP contribution in [0.4, 0.5) is 0 Å². The summed E-state index contributed by atoms with van der Waals surface area (Å²) in [4.78, 5) is 28.3. The zero-order valence-corrected chi connectivity index (χ0v) is 18.7. The van der Waals surface area contributed by atoms with Gasteiger partial charge in [-0.2, -0.15) is 4.31 Å². The second-order valence-electron chi connectivity index (χ2n) is 7.18. The van der Waals surface area contributed by atoms with Crippen molar-refractivity contribution >= 4 is 21.8 Å². The average Bonchev–Trinajstić information content (AvgIpc) is 2.81. The maximum absolute atomic E-state index is 13.2. The number of nitrogens with zero attached hydrogens (tertiary/aromatic N) is 2. The number of ether oxygens (including phenoxy) is 2. The number of amides is 2. The molecule has 1 saturated heterocycles. The van der Waals surface area contributed by atoms with Crippen LogP contribution >= 0.6 is 0 Å². The van der Waals surface area contributed by atoms with Gasteiger partial charge in [0.05, 0.1) is 25.2 Å². The molecule has 11 heteroatoms. The number of methoxy groups -OCH3 is 1. The number of hydrogen-bond donors (Lipinski definition) is 2. The van der Waals surface area contributed by atoms with Crippen molar-refractivity contribution in [3.8, 4) is 5.75 Å². The van der Waals surface area contributed by atoms with Gasteiger partial charge in [-0.25, -0.2) is 8.42 Å². The van der Waals surface area contributed by atoms with Crippen LogP contribution in [0.3, 0.4) is 0 Å². The van der Waals surface area contributed by atoms with E-state index in [4.69, 9.17) is 9.47 Å². The third kappa shape index (κ3) is 5.61. The highest BCUT2D eigenvalue weighted by atomic mass is 32.2. The molecule has 10 nitrogen and oxygen atoms in total. The van der Waals surface area contributed by atoms with Gasteiger partial charge in [0.25, 0.3) is 0 Å². The lowest BCUT2D eigenvalue weighted by Gasteiger charge is -2.34. The summed E-state index contributed by atoms with van der Waals surface area (Å²) < 4.78 is 38.4. The predicted molar refractivity (Wildman–Crippen MR) is 115 cm³/mol. The van der Waals surface area contributed by atoms with Crippen LogP contribution in [0.2, 0.25) is 0 Å². The van der Waals surface area contributed by atoms with E-state index in [1.54, 1.807) is 37.5 Å². The number of carbonyl (C=O) groups is 2. The summed E-state index contributed by atoms with van der Waals surface area (Å²) >= 11 is 0. The first-order valence-electron chi connectivity index (χ1n) is 10.1. The Morgan fingerprint density at radius 3 is 2.72 bits per heavy atom. The summed E-state index contributed by atoms with van der Waals surface area (Å²) in [6.07, 6.45) is 2.78. The molecular weight excluding hydrogens is 436 g/mol. The zero-order chi connectivity index (χ0) is 23.1. The highest BCUT2D eigenvalue weighted by Gasteiger charge is 2.35. The van der Waals surface area contributed by atoms with Crippen molar-refractivity contribution in [1.82, 2.24) is 19.9 Å². The summed E-state index contributed by atoms with van der Waals surface area (Å²) in [6, 6.07) is 8.09. The Kier molecular flexibility index (Phi) is 7.78. The van der Waals surface area contributed by atoms with Crippen molar-refractivity contribution in [2.75, 3.05) is 26.8 Å². The van der Waals surface area contributed by atoms with E-state index in [1.807, 2.05) is 0 Å². The fourth-order valence-corrected chi connectivity index (χ4v) is 4.93. The maximum atomic E-state index is 13.2. The average molecular weight is 463 g/mol. The molecule has 1 aromatic carbocycles. The third-order valence-corrected chi connectivity index (χ3v) is 6.83. The summed E-state index contributed by atoms with van der Waals surface area (Å²) in [5.41, 5.74) is 1.43. The summed E-state index contributed by atoms with van der Waals surface area (Å²) in [6.45, 7) is 2.33. The number of hydrogen-bond acceptors (Lipinski definition) is 7. The van der Waals surface area contributed by atoms with E-state index < -0.39 is 28.1 Å². The minimum atomic E-state index is -3.88. The minimum absolute atomic E-state index is 0.104. The van der Waals surface area contributed by atoms with Crippen molar-refractivity contribution in [2.45, 2.75) is 31.0 Å². The van der Waals surface area contributed by atoms with Gasteiger partial charge in [-0.05, 0) is 48.7 Å². The van der Waals surface area contributed by atoms with Gasteiger partial charge in [0.1, 0.15) is 12.0 Å². The largest absolute Gasteiger partial charge is 0.496 e. The molecule has 0 saturated carbocycles. The fraction of sp³-hybridized carbons (Fsp3) is 0.381. The van der Waals surface area contributed by atoms with Crippen LogP contribution in [0.25, 0.3) is 0 Å². The van der Waals surface area contributed by atoms with Gasteiger partial charge in [0.15, 0.2) is 0 Å². The number of aryl methyl sites for hydroxylation is 1. The Hall–Kier alpha value is -3.02. The van der Waals surface area contributed by atoms with Gasteiger partial charge in [-0.3, -0.25) is 14.6 Å². The number of pyridine rings is 1. The minimum Gasteiger partial charge on any atom is -0.496 e. The number of rotatable bonds is 7. The van der Waals surface area contributed by atoms with E-state index in [1.165, 1.54) is 23.5 Å². The zero-order valence-electron chi connectivity index (χ0n) is 17.9. The first-order chi connectivity index (χ1) is 15.3. The van der Waals surface area contributed by atoms with Crippen molar-refractivity contribution in [3.05, 3.63) is 53.9 Å². The van der Waals surface area contributed by atoms with Gasteiger partial charge >= 0.3 is 11.8 Å². The highest BCUT2D eigenvalue weighted by molar-refractivity contribution is 7.89. The molecule has 1 aliphatic heterocycles. The van der Waals surface area contributed by atoms with Crippen molar-refractivity contribution < 1.29 is 27.5 Å². The topological polar surface area (TPSA) is 127 Å². The standard InChI is InChI=1S/C21H26N4O6S/c1-15-11-17(6-7-18(15)30-2)32(28,29)25-9-4-10-31-19(25)14-24-21(27)20(26)23-13-16-5-3-8-22-12-16/h3,5-8,11-12,19H,4,9-10,13-14H2,1-2H3,(H,23,26)(H,24,27)/t19-/m1/s1. The van der Waals surface area contributed by atoms with Gasteiger partial charge in [0.2, 0.25) is 10.0 Å². The SMILES string of the molecule is COc1ccc(S(=O)(=O)N2CCCO[C@@H]2CNC(=O)C(=O)NCc2cccnc2)cc1C. The third-order valence-electron chi connectivity index (χ3n) is 4.95. The smallest absolute Gasteiger partial charge is 0.309 e. The Morgan fingerprint density at radius 2 is 2.03 bits per heavy atom. The van der Waals surface area contributed by atoms with E-state index in [2.05, 4.69) is 15.6 Å². The van der Waals surface area contributed by atoms with Gasteiger partial charge in [-0.1, -0.05) is 6.07 Å². The van der Waals surface area contributed by atoms with Crippen molar-refractivity contribution in [3.63, 3.8) is 0 Å². The number of benzene rings is 1. The van der Waals surface area contributed by atoms with Gasteiger partial charge in [0, 0.05) is 25.5 Å². The van der Waals surface area contributed by atoms with E-state index in [0.29, 0.717) is 24.3 Å². The molecule has 2 heterocycles. The maximum Gasteiger partial charge on any atom is 0.309 e. The second-order valence-corrected chi connectivity index (χ2v) is 9.07. The lowest BCUT2D eigenvalue weighted by molar-refractivity contribution is -0.140. The molecule has 1 atom stereocenters. The summed E-state index contributed by atoms with van der Waals surface area (Å²) in [7, 11) is -2.36. The van der Waals surface area contributed by atoms with E-state index in [-0.39, 0.29) is 24.5 Å². The Bertz CT molecular complexity index is 1060. The molecule has 0 radical (unpaired) electrons. The molecule has 1 aromatic heterocycles. The van der Waals surface area contributed by atoms with Crippen LogP contribution in [-0.2, 0) is 30.9 Å². The second kappa shape index (κ2) is 10.5. The van der Waals surface area contributed by atoms with E-state index in [0.717, 1.165) is 5.56 Å². The number of carbonyl (C=O) groups excluding carboxylic acids is 2. The molecule has 0 spiro atoms. The summed E-state index contributed by atoms with van der Waals surface area (Å²) in [5, 5.41) is 4.95. The molecule has 32 heavy (non-hydrogen) atoms. The molecule has 3 rings (SSSR count). The molecule has 1 fully saturated rings. The first-order valence-corrected chi connectivity index (χ1v) is 11.5. The Balaban J connectivity index is 1.63. The quantitative estimate of drug-likeness (QED) is 0.576. The number of aromatic nitrogens is 1. The molecule has 2 N–H and O–H groups in total. The molecule has 2 amide bonds. The molecule has 0 unspecified atom stereocenters. The predicted octanol–water partition coefficient (Wildman–Crippen LogP) is 0.568. The van der Waals surface area contributed by atoms with Crippen LogP contribution in [0.5, 0.6) is 5.75 Å². The number of nitrogens with one attached hydrogen (secondary N) is 2. The Morgan fingerprint density at radius 1 is 1.25 bits per heavy atom. The van der Waals surface area contributed by atoms with Crippen LogP contribution in [-0.4, -0.2) is 62.6 Å². The van der Waals surface area contributed by atoms with Crippen LogP contribution < -0.4 is 15.4 Å². The molecule has 1 aliphatic rings. The van der Waals surface area contributed by atoms with Gasteiger partial charge in [-0.15, -0.1) is 0 Å². The van der Waals surface area contributed by atoms with Crippen molar-refractivity contribution in [1.29, 1.82) is 0 Å². The first kappa shape index (κ1) is 23.6. The molecule has 2 aromatic rings. The molecule has 172 valence electrons. The van der Waals surface area contributed by atoms with Crippen LogP contribution in [0.15, 0.2) is 47.6 Å². The highest BCUT2D eigenvalue weighted by Crippen LogP contribution is 2.26. The normalized spacial score (nSPS) is 16.9. The van der Waals surface area contributed by atoms with E-state index >= 15 is 0 Å². The lowest BCUT2D eigenvalue weighted by atomic mass is 10.2. The van der Waals surface area contributed by atoms with Crippen LogP contribution in [0.1, 0.15) is 17.5 Å². The molecule has 0 bridgehead atoms. The number of sulfonamides is 1.